The maximum Gasteiger partial charge on any atom is 0.227 e. The molecular formula is C15H17ClN2O. The van der Waals surface area contributed by atoms with Crippen molar-refractivity contribution in [1.29, 1.82) is 0 Å². The van der Waals surface area contributed by atoms with Crippen LogP contribution in [0.3, 0.4) is 0 Å². The highest BCUT2D eigenvalue weighted by atomic mass is 35.5. The van der Waals surface area contributed by atoms with Crippen molar-refractivity contribution in [3.05, 3.63) is 46.4 Å². The van der Waals surface area contributed by atoms with Gasteiger partial charge in [0.1, 0.15) is 16.7 Å². The summed E-state index contributed by atoms with van der Waals surface area (Å²) in [4.78, 5) is 8.70. The van der Waals surface area contributed by atoms with E-state index in [4.69, 9.17) is 16.3 Å². The third kappa shape index (κ3) is 3.24. The number of ether oxygens (including phenoxy) is 1. The Morgan fingerprint density at radius 3 is 2.58 bits per heavy atom. The van der Waals surface area contributed by atoms with Crippen LogP contribution in [-0.2, 0) is 6.42 Å². The zero-order valence-corrected chi connectivity index (χ0v) is 12.2. The van der Waals surface area contributed by atoms with E-state index < -0.39 is 0 Å². The number of aryl methyl sites for hydroxylation is 2. The van der Waals surface area contributed by atoms with Gasteiger partial charge in [0.2, 0.25) is 5.88 Å². The quantitative estimate of drug-likeness (QED) is 0.772. The average Bonchev–Trinajstić information content (AvgIpc) is 2.38. The Labute approximate surface area is 118 Å². The fraction of sp³-hybridized carbons (Fsp3) is 0.333. The molecule has 0 aliphatic rings. The smallest absolute Gasteiger partial charge is 0.227 e. The summed E-state index contributed by atoms with van der Waals surface area (Å²) in [6, 6.07) is 7.84. The molecule has 2 rings (SSSR count). The molecule has 0 radical (unpaired) electrons. The van der Waals surface area contributed by atoms with Crippen molar-refractivity contribution in [3.63, 3.8) is 0 Å². The van der Waals surface area contributed by atoms with E-state index in [9.17, 15) is 0 Å². The second-order valence-corrected chi connectivity index (χ2v) is 4.84. The molecule has 19 heavy (non-hydrogen) atoms. The van der Waals surface area contributed by atoms with Crippen LogP contribution in [0.5, 0.6) is 11.6 Å². The molecule has 1 heterocycles. The van der Waals surface area contributed by atoms with Gasteiger partial charge in [-0.15, -0.1) is 0 Å². The fourth-order valence-corrected chi connectivity index (χ4v) is 1.90. The Balaban J connectivity index is 2.36. The predicted octanol–water partition coefficient (Wildman–Crippen LogP) is 4.49. The van der Waals surface area contributed by atoms with Crippen LogP contribution in [0.1, 0.15) is 30.3 Å². The summed E-state index contributed by atoms with van der Waals surface area (Å²) in [5, 5.41) is 0.460. The summed E-state index contributed by atoms with van der Waals surface area (Å²) in [6.45, 7) is 5.95. The molecule has 0 amide bonds. The van der Waals surface area contributed by atoms with Crippen LogP contribution >= 0.6 is 11.6 Å². The molecule has 0 unspecified atom stereocenters. The Morgan fingerprint density at radius 1 is 1.16 bits per heavy atom. The molecule has 0 saturated carbocycles. The molecule has 0 atom stereocenters. The predicted molar refractivity (Wildman–Crippen MR) is 77.0 cm³/mol. The van der Waals surface area contributed by atoms with Gasteiger partial charge >= 0.3 is 0 Å². The first kappa shape index (κ1) is 13.8. The molecule has 0 fully saturated rings. The average molecular weight is 277 g/mol. The number of hydrogen-bond donors (Lipinski definition) is 0. The van der Waals surface area contributed by atoms with Crippen molar-refractivity contribution in [2.45, 2.75) is 33.6 Å². The van der Waals surface area contributed by atoms with Gasteiger partial charge in [0.15, 0.2) is 0 Å². The van der Waals surface area contributed by atoms with E-state index in [-0.39, 0.29) is 0 Å². The molecule has 3 nitrogen and oxygen atoms in total. The summed E-state index contributed by atoms with van der Waals surface area (Å²) < 4.78 is 5.87. The number of halogens is 1. The number of hydrogen-bond acceptors (Lipinski definition) is 3. The highest BCUT2D eigenvalue weighted by molar-refractivity contribution is 6.30. The van der Waals surface area contributed by atoms with Gasteiger partial charge in [-0.3, -0.25) is 0 Å². The zero-order chi connectivity index (χ0) is 13.8. The van der Waals surface area contributed by atoms with Gasteiger partial charge in [-0.1, -0.05) is 36.7 Å². The third-order valence-corrected chi connectivity index (χ3v) is 3.23. The maximum absolute atomic E-state index is 6.13. The lowest BCUT2D eigenvalue weighted by Crippen LogP contribution is -2.01. The minimum atomic E-state index is 0.460. The largest absolute Gasteiger partial charge is 0.438 e. The molecule has 0 saturated heterocycles. The van der Waals surface area contributed by atoms with Crippen LogP contribution in [0.4, 0.5) is 0 Å². The Morgan fingerprint density at radius 2 is 1.89 bits per heavy atom. The summed E-state index contributed by atoms with van der Waals surface area (Å²) in [5.74, 6) is 2.06. The second-order valence-electron chi connectivity index (χ2n) is 4.48. The second kappa shape index (κ2) is 6.02. The standard InChI is InChI=1S/C15H17ClN2O/c1-4-7-13-17-14(16)11(3)15(18-13)19-12-9-6-5-8-10(12)2/h5-6,8-9H,4,7H2,1-3H3. The Kier molecular flexibility index (Phi) is 4.38. The van der Waals surface area contributed by atoms with E-state index in [2.05, 4.69) is 16.9 Å². The molecule has 0 N–H and O–H groups in total. The van der Waals surface area contributed by atoms with E-state index in [0.717, 1.165) is 35.5 Å². The molecule has 4 heteroatoms. The lowest BCUT2D eigenvalue weighted by molar-refractivity contribution is 0.451. The first-order valence-corrected chi connectivity index (χ1v) is 6.76. The molecular weight excluding hydrogens is 260 g/mol. The minimum absolute atomic E-state index is 0.460. The molecule has 1 aromatic carbocycles. The van der Waals surface area contributed by atoms with Crippen LogP contribution < -0.4 is 4.74 Å². The van der Waals surface area contributed by atoms with Gasteiger partial charge in [-0.2, -0.15) is 4.98 Å². The zero-order valence-electron chi connectivity index (χ0n) is 11.4. The molecule has 100 valence electrons. The number of aromatic nitrogens is 2. The molecule has 1 aromatic heterocycles. The van der Waals surface area contributed by atoms with E-state index >= 15 is 0 Å². The number of benzene rings is 1. The van der Waals surface area contributed by atoms with E-state index in [0.29, 0.717) is 11.0 Å². The van der Waals surface area contributed by atoms with E-state index in [1.54, 1.807) is 0 Å². The van der Waals surface area contributed by atoms with Crippen LogP contribution in [-0.4, -0.2) is 9.97 Å². The van der Waals surface area contributed by atoms with Crippen molar-refractivity contribution in [3.8, 4) is 11.6 Å². The Bertz CT molecular complexity index is 584. The van der Waals surface area contributed by atoms with Crippen LogP contribution in [0, 0.1) is 13.8 Å². The molecule has 0 aliphatic heterocycles. The molecule has 0 aliphatic carbocycles. The fourth-order valence-electron chi connectivity index (χ4n) is 1.72. The lowest BCUT2D eigenvalue weighted by atomic mass is 10.2. The number of para-hydroxylation sites is 1. The first-order valence-electron chi connectivity index (χ1n) is 6.38. The van der Waals surface area contributed by atoms with Gasteiger partial charge in [0, 0.05) is 12.0 Å². The van der Waals surface area contributed by atoms with Crippen LogP contribution in [0.2, 0.25) is 5.15 Å². The third-order valence-electron chi connectivity index (χ3n) is 2.86. The lowest BCUT2D eigenvalue weighted by Gasteiger charge is -2.11. The summed E-state index contributed by atoms with van der Waals surface area (Å²) in [5.41, 5.74) is 1.83. The van der Waals surface area contributed by atoms with Crippen LogP contribution in [0.15, 0.2) is 24.3 Å². The summed E-state index contributed by atoms with van der Waals surface area (Å²) in [6.07, 6.45) is 1.77. The van der Waals surface area contributed by atoms with E-state index in [1.165, 1.54) is 0 Å². The van der Waals surface area contributed by atoms with Crippen LogP contribution in [0.25, 0.3) is 0 Å². The molecule has 2 aromatic rings. The monoisotopic (exact) mass is 276 g/mol. The normalized spacial score (nSPS) is 10.5. The number of nitrogens with zero attached hydrogens (tertiary/aromatic N) is 2. The van der Waals surface area contributed by atoms with E-state index in [1.807, 2.05) is 38.1 Å². The van der Waals surface area contributed by atoms with Gasteiger partial charge in [-0.25, -0.2) is 4.98 Å². The Hall–Kier alpha value is -1.61. The number of rotatable bonds is 4. The van der Waals surface area contributed by atoms with Crippen molar-refractivity contribution < 1.29 is 4.74 Å². The van der Waals surface area contributed by atoms with Gasteiger partial charge < -0.3 is 4.74 Å². The topological polar surface area (TPSA) is 35.0 Å². The minimum Gasteiger partial charge on any atom is -0.438 e. The van der Waals surface area contributed by atoms with Crippen molar-refractivity contribution in [2.24, 2.45) is 0 Å². The van der Waals surface area contributed by atoms with Gasteiger partial charge in [-0.05, 0) is 31.9 Å². The highest BCUT2D eigenvalue weighted by Crippen LogP contribution is 2.28. The van der Waals surface area contributed by atoms with Crippen molar-refractivity contribution in [1.82, 2.24) is 9.97 Å². The summed E-state index contributed by atoms with van der Waals surface area (Å²) in [7, 11) is 0. The summed E-state index contributed by atoms with van der Waals surface area (Å²) >= 11 is 6.13. The van der Waals surface area contributed by atoms with Crippen molar-refractivity contribution in [2.75, 3.05) is 0 Å². The maximum atomic E-state index is 6.13. The SMILES string of the molecule is CCCc1nc(Cl)c(C)c(Oc2ccccc2C)n1. The molecule has 0 bridgehead atoms. The van der Waals surface area contributed by atoms with Gasteiger partial charge in [0.05, 0.1) is 0 Å². The molecule has 0 spiro atoms. The van der Waals surface area contributed by atoms with Crippen molar-refractivity contribution >= 4 is 11.6 Å². The first-order chi connectivity index (χ1) is 9.11. The highest BCUT2D eigenvalue weighted by Gasteiger charge is 2.12. The van der Waals surface area contributed by atoms with Gasteiger partial charge in [0.25, 0.3) is 0 Å².